The average Bonchev–Trinajstić information content (AvgIpc) is 3.01. The van der Waals surface area contributed by atoms with E-state index in [4.69, 9.17) is 14.2 Å². The number of nitrogens with one attached hydrogen (secondary N) is 1. The van der Waals surface area contributed by atoms with Crippen molar-refractivity contribution in [1.82, 2.24) is 9.78 Å². The van der Waals surface area contributed by atoms with Crippen molar-refractivity contribution in [1.29, 1.82) is 0 Å². The summed E-state index contributed by atoms with van der Waals surface area (Å²) in [4.78, 5) is 25.2. The fourth-order valence-corrected chi connectivity index (χ4v) is 3.22. The zero-order chi connectivity index (χ0) is 22.7. The zero-order valence-electron chi connectivity index (χ0n) is 17.6. The van der Waals surface area contributed by atoms with E-state index in [0.29, 0.717) is 41.7 Å². The maximum absolute atomic E-state index is 13.0. The van der Waals surface area contributed by atoms with Gasteiger partial charge in [-0.1, -0.05) is 0 Å². The van der Waals surface area contributed by atoms with Crippen LogP contribution in [0.1, 0.15) is 23.7 Å². The SMILES string of the molecule is CC(OC(=O)c1cn(C)nc1-c1ccc2c(c1)OCCCO2)C(=O)Nc1ccc(F)cc1. The zero-order valence-corrected chi connectivity index (χ0v) is 17.6. The Morgan fingerprint density at radius 2 is 1.84 bits per heavy atom. The van der Waals surface area contributed by atoms with E-state index in [1.54, 1.807) is 25.2 Å². The molecule has 9 heteroatoms. The normalized spacial score (nSPS) is 13.7. The Balaban J connectivity index is 1.50. The molecule has 8 nitrogen and oxygen atoms in total. The molecular weight excluding hydrogens is 417 g/mol. The van der Waals surface area contributed by atoms with E-state index in [9.17, 15) is 14.0 Å². The van der Waals surface area contributed by atoms with Crippen molar-refractivity contribution in [2.45, 2.75) is 19.4 Å². The van der Waals surface area contributed by atoms with Crippen LogP contribution in [0.15, 0.2) is 48.7 Å². The molecule has 1 aliphatic heterocycles. The number of carbonyl (C=O) groups is 2. The maximum atomic E-state index is 13.0. The second-order valence-electron chi connectivity index (χ2n) is 7.32. The van der Waals surface area contributed by atoms with E-state index in [1.165, 1.54) is 42.1 Å². The number of nitrogens with zero attached hydrogens (tertiary/aromatic N) is 2. The molecule has 2 heterocycles. The number of esters is 1. The van der Waals surface area contributed by atoms with Crippen molar-refractivity contribution >= 4 is 17.6 Å². The summed E-state index contributed by atoms with van der Waals surface area (Å²) in [5.41, 5.74) is 1.67. The van der Waals surface area contributed by atoms with Gasteiger partial charge in [0.2, 0.25) is 0 Å². The quantitative estimate of drug-likeness (QED) is 0.611. The standard InChI is InChI=1S/C23H22FN3O5/c1-14(22(28)25-17-7-5-16(24)6-8-17)32-23(29)18-13-27(2)26-21(18)15-4-9-19-20(12-15)31-11-3-10-30-19/h4-9,12-14H,3,10-11H2,1-2H3,(H,25,28). The summed E-state index contributed by atoms with van der Waals surface area (Å²) < 4.78 is 31.3. The number of hydrogen-bond donors (Lipinski definition) is 1. The summed E-state index contributed by atoms with van der Waals surface area (Å²) in [6.45, 7) is 2.57. The minimum Gasteiger partial charge on any atom is -0.490 e. The van der Waals surface area contributed by atoms with E-state index >= 15 is 0 Å². The molecule has 0 saturated heterocycles. The van der Waals surface area contributed by atoms with Crippen LogP contribution >= 0.6 is 0 Å². The Morgan fingerprint density at radius 1 is 1.12 bits per heavy atom. The highest BCUT2D eigenvalue weighted by Crippen LogP contribution is 2.35. The lowest BCUT2D eigenvalue weighted by molar-refractivity contribution is -0.123. The first-order valence-corrected chi connectivity index (χ1v) is 10.1. The lowest BCUT2D eigenvalue weighted by Crippen LogP contribution is -2.30. The van der Waals surface area contributed by atoms with Gasteiger partial charge in [0.15, 0.2) is 17.6 Å². The molecular formula is C23H22FN3O5. The van der Waals surface area contributed by atoms with Crippen molar-refractivity contribution in [2.75, 3.05) is 18.5 Å². The highest BCUT2D eigenvalue weighted by molar-refractivity contribution is 6.00. The summed E-state index contributed by atoms with van der Waals surface area (Å²) in [5, 5.41) is 6.97. The van der Waals surface area contributed by atoms with Gasteiger partial charge in [-0.15, -0.1) is 0 Å². The van der Waals surface area contributed by atoms with E-state index in [0.717, 1.165) is 6.42 Å². The monoisotopic (exact) mass is 439 g/mol. The number of halogens is 1. The molecule has 0 radical (unpaired) electrons. The van der Waals surface area contributed by atoms with Crippen LogP contribution in [0.25, 0.3) is 11.3 Å². The van der Waals surface area contributed by atoms with Gasteiger partial charge in [-0.2, -0.15) is 5.10 Å². The van der Waals surface area contributed by atoms with Crippen LogP contribution in [0.3, 0.4) is 0 Å². The number of fused-ring (bicyclic) bond motifs is 1. The molecule has 4 rings (SSSR count). The minimum atomic E-state index is -1.08. The van der Waals surface area contributed by atoms with Crippen LogP contribution in [0.2, 0.25) is 0 Å². The van der Waals surface area contributed by atoms with Gasteiger partial charge in [0.25, 0.3) is 5.91 Å². The molecule has 1 N–H and O–H groups in total. The van der Waals surface area contributed by atoms with Crippen molar-refractivity contribution in [3.05, 3.63) is 60.0 Å². The second kappa shape index (κ2) is 9.09. The summed E-state index contributed by atoms with van der Waals surface area (Å²) in [6.07, 6.45) is 1.23. The Morgan fingerprint density at radius 3 is 2.59 bits per heavy atom. The largest absolute Gasteiger partial charge is 0.490 e. The fourth-order valence-electron chi connectivity index (χ4n) is 3.22. The van der Waals surface area contributed by atoms with E-state index < -0.39 is 23.8 Å². The average molecular weight is 439 g/mol. The van der Waals surface area contributed by atoms with Crippen molar-refractivity contribution in [3.63, 3.8) is 0 Å². The Labute approximate surface area is 183 Å². The fraction of sp³-hybridized carbons (Fsp3) is 0.261. The van der Waals surface area contributed by atoms with Gasteiger partial charge in [-0.3, -0.25) is 9.48 Å². The molecule has 1 atom stereocenters. The van der Waals surface area contributed by atoms with E-state index in [-0.39, 0.29) is 5.56 Å². The third-order valence-electron chi connectivity index (χ3n) is 4.83. The smallest absolute Gasteiger partial charge is 0.342 e. The van der Waals surface area contributed by atoms with Crippen molar-refractivity contribution in [3.8, 4) is 22.8 Å². The number of ether oxygens (including phenoxy) is 3. The molecule has 1 unspecified atom stereocenters. The van der Waals surface area contributed by atoms with Gasteiger partial charge >= 0.3 is 5.97 Å². The third-order valence-corrected chi connectivity index (χ3v) is 4.83. The molecule has 166 valence electrons. The third kappa shape index (κ3) is 4.72. The molecule has 1 aliphatic rings. The number of aryl methyl sites for hydroxylation is 1. The molecule has 0 saturated carbocycles. The molecule has 3 aromatic rings. The number of hydrogen-bond acceptors (Lipinski definition) is 6. The molecule has 0 fully saturated rings. The van der Waals surface area contributed by atoms with Crippen LogP contribution in [0.4, 0.5) is 10.1 Å². The first-order valence-electron chi connectivity index (χ1n) is 10.1. The molecule has 2 aromatic carbocycles. The number of anilines is 1. The van der Waals surface area contributed by atoms with Gasteiger partial charge < -0.3 is 19.5 Å². The first-order chi connectivity index (χ1) is 15.4. The molecule has 0 spiro atoms. The summed E-state index contributed by atoms with van der Waals surface area (Å²) in [6, 6.07) is 10.6. The molecule has 0 bridgehead atoms. The second-order valence-corrected chi connectivity index (χ2v) is 7.32. The van der Waals surface area contributed by atoms with Gasteiger partial charge in [-0.05, 0) is 49.4 Å². The predicted molar refractivity (Wildman–Crippen MR) is 114 cm³/mol. The molecule has 1 aromatic heterocycles. The number of benzene rings is 2. The predicted octanol–water partition coefficient (Wildman–Crippen LogP) is 3.57. The van der Waals surface area contributed by atoms with Crippen LogP contribution in [0.5, 0.6) is 11.5 Å². The Kier molecular flexibility index (Phi) is 6.07. The van der Waals surface area contributed by atoms with Crippen molar-refractivity contribution < 1.29 is 28.2 Å². The van der Waals surface area contributed by atoms with E-state index in [1.807, 2.05) is 0 Å². The van der Waals surface area contributed by atoms with Gasteiger partial charge in [0, 0.05) is 30.9 Å². The van der Waals surface area contributed by atoms with E-state index in [2.05, 4.69) is 10.4 Å². The van der Waals surface area contributed by atoms with Crippen LogP contribution in [-0.4, -0.2) is 41.0 Å². The maximum Gasteiger partial charge on any atom is 0.342 e. The Bertz CT molecular complexity index is 1140. The molecule has 0 aliphatic carbocycles. The Hall–Kier alpha value is -3.88. The molecule has 32 heavy (non-hydrogen) atoms. The molecule has 1 amide bonds. The van der Waals surface area contributed by atoms with Crippen LogP contribution in [-0.2, 0) is 16.6 Å². The lowest BCUT2D eigenvalue weighted by atomic mass is 10.1. The first kappa shape index (κ1) is 21.4. The topological polar surface area (TPSA) is 91.7 Å². The summed E-state index contributed by atoms with van der Waals surface area (Å²) >= 11 is 0. The number of aromatic nitrogens is 2. The van der Waals surface area contributed by atoms with Gasteiger partial charge in [0.1, 0.15) is 17.1 Å². The van der Waals surface area contributed by atoms with Crippen molar-refractivity contribution in [2.24, 2.45) is 7.05 Å². The van der Waals surface area contributed by atoms with Gasteiger partial charge in [0.05, 0.1) is 13.2 Å². The minimum absolute atomic E-state index is 0.212. The van der Waals surface area contributed by atoms with Crippen LogP contribution in [0, 0.1) is 5.82 Å². The summed E-state index contributed by atoms with van der Waals surface area (Å²) in [5.74, 6) is -0.427. The van der Waals surface area contributed by atoms with Crippen LogP contribution < -0.4 is 14.8 Å². The number of carbonyl (C=O) groups excluding carboxylic acids is 2. The highest BCUT2D eigenvalue weighted by atomic mass is 19.1. The number of amides is 1. The number of rotatable bonds is 5. The summed E-state index contributed by atoms with van der Waals surface area (Å²) in [7, 11) is 1.69. The lowest BCUT2D eigenvalue weighted by Gasteiger charge is -2.14. The van der Waals surface area contributed by atoms with Gasteiger partial charge in [-0.25, -0.2) is 9.18 Å². The highest BCUT2D eigenvalue weighted by Gasteiger charge is 2.24.